The molecule has 1 atom stereocenters. The molecule has 2 aromatic carbocycles. The zero-order valence-electron chi connectivity index (χ0n) is 22.3. The number of carbonyl (C=O) groups excluding carboxylic acids is 1. The first-order valence-electron chi connectivity index (χ1n) is 12.5. The summed E-state index contributed by atoms with van der Waals surface area (Å²) in [6, 6.07) is 11.0. The van der Waals surface area contributed by atoms with E-state index in [1.807, 2.05) is 25.1 Å². The van der Waals surface area contributed by atoms with E-state index in [0.717, 1.165) is 5.56 Å². The Morgan fingerprint density at radius 2 is 1.87 bits per heavy atom. The molecule has 38 heavy (non-hydrogen) atoms. The van der Waals surface area contributed by atoms with Gasteiger partial charge in [-0.3, -0.25) is 9.36 Å². The lowest BCUT2D eigenvalue weighted by Gasteiger charge is -2.26. The average molecular weight is 600 g/mol. The van der Waals surface area contributed by atoms with Crippen LogP contribution in [0.1, 0.15) is 63.3 Å². The normalized spacial score (nSPS) is 15.4. The summed E-state index contributed by atoms with van der Waals surface area (Å²) in [5, 5.41) is 0. The van der Waals surface area contributed by atoms with Gasteiger partial charge in [0.2, 0.25) is 0 Å². The van der Waals surface area contributed by atoms with Crippen LogP contribution >= 0.6 is 27.3 Å². The molecule has 0 fully saturated rings. The van der Waals surface area contributed by atoms with E-state index in [1.54, 1.807) is 37.7 Å². The molecule has 0 amide bonds. The molecular weight excluding hydrogens is 568 g/mol. The molecule has 0 unspecified atom stereocenters. The lowest BCUT2D eigenvalue weighted by molar-refractivity contribution is -0.139. The minimum atomic E-state index is -0.769. The number of aromatic nitrogens is 1. The van der Waals surface area contributed by atoms with Gasteiger partial charge in [-0.15, -0.1) is 0 Å². The Morgan fingerprint density at radius 1 is 1.16 bits per heavy atom. The van der Waals surface area contributed by atoms with Crippen LogP contribution in [0.15, 0.2) is 61.9 Å². The fourth-order valence-corrected chi connectivity index (χ4v) is 5.99. The van der Waals surface area contributed by atoms with Crippen LogP contribution in [0.4, 0.5) is 0 Å². The van der Waals surface area contributed by atoms with Crippen molar-refractivity contribution in [3.63, 3.8) is 0 Å². The quantitative estimate of drug-likeness (QED) is 0.337. The lowest BCUT2D eigenvalue weighted by Crippen LogP contribution is -2.40. The Bertz CT molecular complexity index is 1570. The molecule has 0 N–H and O–H groups in total. The molecule has 4 rings (SSSR count). The van der Waals surface area contributed by atoms with Crippen molar-refractivity contribution in [2.75, 3.05) is 20.3 Å². The summed E-state index contributed by atoms with van der Waals surface area (Å²) in [7, 11) is 1.55. The van der Waals surface area contributed by atoms with Gasteiger partial charge in [0.05, 0.1) is 42.2 Å². The second-order valence-corrected chi connectivity index (χ2v) is 10.9. The van der Waals surface area contributed by atoms with Crippen LogP contribution in [0.5, 0.6) is 11.5 Å². The van der Waals surface area contributed by atoms with Crippen molar-refractivity contribution in [2.24, 2.45) is 4.99 Å². The average Bonchev–Trinajstić information content (AvgIpc) is 3.18. The summed E-state index contributed by atoms with van der Waals surface area (Å²) >= 11 is 4.94. The summed E-state index contributed by atoms with van der Waals surface area (Å²) in [5.41, 5.74) is 3.38. The molecular formula is C29H31BrN2O5S. The number of carbonyl (C=O) groups is 1. The second kappa shape index (κ2) is 11.7. The topological polar surface area (TPSA) is 79.1 Å². The molecule has 0 saturated heterocycles. The van der Waals surface area contributed by atoms with Gasteiger partial charge in [0.25, 0.3) is 5.56 Å². The predicted molar refractivity (Wildman–Crippen MR) is 153 cm³/mol. The number of fused-ring (bicyclic) bond motifs is 1. The van der Waals surface area contributed by atoms with Crippen molar-refractivity contribution >= 4 is 39.3 Å². The second-order valence-electron chi connectivity index (χ2n) is 9.08. The van der Waals surface area contributed by atoms with Crippen molar-refractivity contribution in [3.05, 3.63) is 88.5 Å². The molecule has 0 aliphatic carbocycles. The molecule has 2 heterocycles. The summed E-state index contributed by atoms with van der Waals surface area (Å²) in [5.74, 6) is 0.955. The number of nitrogens with zero attached hydrogens (tertiary/aromatic N) is 2. The molecule has 3 aromatic rings. The number of rotatable bonds is 8. The molecule has 0 bridgehead atoms. The maximum Gasteiger partial charge on any atom is 0.338 e. The van der Waals surface area contributed by atoms with Gasteiger partial charge in [-0.25, -0.2) is 9.79 Å². The van der Waals surface area contributed by atoms with Crippen LogP contribution in [-0.4, -0.2) is 30.9 Å². The minimum absolute atomic E-state index is 0.201. The van der Waals surface area contributed by atoms with E-state index in [2.05, 4.69) is 46.9 Å². The van der Waals surface area contributed by atoms with Crippen molar-refractivity contribution < 1.29 is 19.0 Å². The predicted octanol–water partition coefficient (Wildman–Crippen LogP) is 5.09. The number of benzene rings is 2. The fourth-order valence-electron chi connectivity index (χ4n) is 4.40. The lowest BCUT2D eigenvalue weighted by atomic mass is 9.95. The number of allylic oxidation sites excluding steroid dienone is 1. The van der Waals surface area contributed by atoms with Crippen molar-refractivity contribution in [2.45, 2.75) is 46.6 Å². The number of halogens is 1. The number of hydrogen-bond donors (Lipinski definition) is 0. The first-order valence-corrected chi connectivity index (χ1v) is 14.1. The zero-order chi connectivity index (χ0) is 27.6. The molecule has 7 nitrogen and oxygen atoms in total. The van der Waals surface area contributed by atoms with Gasteiger partial charge in [-0.2, -0.15) is 0 Å². The molecule has 1 aromatic heterocycles. The van der Waals surface area contributed by atoms with Gasteiger partial charge in [0, 0.05) is 4.47 Å². The SMILES string of the molecule is CCOC(=O)C1=C(C)N=c2s/c(=C/c3ccc(C(C)C)cc3)c(=O)n2[C@H]1c1cc(OC)c(OCC)cc1Br. The molecule has 0 spiro atoms. The number of thiazole rings is 1. The van der Waals surface area contributed by atoms with Gasteiger partial charge in [-0.05, 0) is 61.6 Å². The largest absolute Gasteiger partial charge is 0.493 e. The van der Waals surface area contributed by atoms with E-state index in [0.29, 0.717) is 54.7 Å². The fraction of sp³-hybridized carbons (Fsp3) is 0.345. The number of methoxy groups -OCH3 is 1. The highest BCUT2D eigenvalue weighted by molar-refractivity contribution is 9.10. The Balaban J connectivity index is 1.95. The van der Waals surface area contributed by atoms with Gasteiger partial charge in [0.1, 0.15) is 0 Å². The van der Waals surface area contributed by atoms with E-state index in [1.165, 1.54) is 16.9 Å². The molecule has 9 heteroatoms. The summed E-state index contributed by atoms with van der Waals surface area (Å²) in [4.78, 5) is 32.2. The van der Waals surface area contributed by atoms with Gasteiger partial charge >= 0.3 is 5.97 Å². The number of esters is 1. The molecule has 1 aliphatic heterocycles. The van der Waals surface area contributed by atoms with Crippen molar-refractivity contribution in [1.82, 2.24) is 4.57 Å². The van der Waals surface area contributed by atoms with Crippen LogP contribution in [0.3, 0.4) is 0 Å². The molecule has 0 radical (unpaired) electrons. The molecule has 0 saturated carbocycles. The highest BCUT2D eigenvalue weighted by Crippen LogP contribution is 2.41. The van der Waals surface area contributed by atoms with Crippen LogP contribution < -0.4 is 24.4 Å². The standard InChI is InChI=1S/C29H31BrN2O5S/c1-7-36-23-15-21(30)20(14-22(23)35-6)26-25(28(34)37-8-2)17(5)31-29-32(26)27(33)24(38-29)13-18-9-11-19(12-10-18)16(3)4/h9-16,26H,7-8H2,1-6H3/b24-13+/t26-/m0/s1. The van der Waals surface area contributed by atoms with Crippen LogP contribution in [0.25, 0.3) is 6.08 Å². The van der Waals surface area contributed by atoms with Crippen molar-refractivity contribution in [1.29, 1.82) is 0 Å². The van der Waals surface area contributed by atoms with Gasteiger partial charge < -0.3 is 14.2 Å². The highest BCUT2D eigenvalue weighted by Gasteiger charge is 2.35. The summed E-state index contributed by atoms with van der Waals surface area (Å²) in [6.45, 7) is 10.4. The summed E-state index contributed by atoms with van der Waals surface area (Å²) in [6.07, 6.45) is 1.86. The maximum absolute atomic E-state index is 13.9. The monoisotopic (exact) mass is 598 g/mol. The summed E-state index contributed by atoms with van der Waals surface area (Å²) < 4.78 is 19.5. The smallest absolute Gasteiger partial charge is 0.338 e. The zero-order valence-corrected chi connectivity index (χ0v) is 24.7. The number of hydrogen-bond acceptors (Lipinski definition) is 7. The van der Waals surface area contributed by atoms with E-state index in [-0.39, 0.29) is 12.2 Å². The third kappa shape index (κ3) is 5.35. The van der Waals surface area contributed by atoms with Crippen LogP contribution in [0, 0.1) is 0 Å². The Morgan fingerprint density at radius 3 is 2.47 bits per heavy atom. The third-order valence-corrected chi connectivity index (χ3v) is 7.97. The van der Waals surface area contributed by atoms with E-state index in [4.69, 9.17) is 14.2 Å². The van der Waals surface area contributed by atoms with Gasteiger partial charge in [0.15, 0.2) is 16.3 Å². The molecule has 1 aliphatic rings. The Kier molecular flexibility index (Phi) is 8.57. The van der Waals surface area contributed by atoms with E-state index < -0.39 is 12.0 Å². The minimum Gasteiger partial charge on any atom is -0.493 e. The van der Waals surface area contributed by atoms with E-state index >= 15 is 0 Å². The highest BCUT2D eigenvalue weighted by atomic mass is 79.9. The Labute approximate surface area is 234 Å². The Hall–Kier alpha value is -3.17. The third-order valence-electron chi connectivity index (χ3n) is 6.30. The first-order chi connectivity index (χ1) is 18.2. The van der Waals surface area contributed by atoms with E-state index in [9.17, 15) is 9.59 Å². The van der Waals surface area contributed by atoms with Gasteiger partial charge in [-0.1, -0.05) is 65.4 Å². The maximum atomic E-state index is 13.9. The van der Waals surface area contributed by atoms with Crippen LogP contribution in [-0.2, 0) is 9.53 Å². The first kappa shape index (κ1) is 27.9. The van der Waals surface area contributed by atoms with Crippen LogP contribution in [0.2, 0.25) is 0 Å². The van der Waals surface area contributed by atoms with Crippen molar-refractivity contribution in [3.8, 4) is 11.5 Å². The molecule has 200 valence electrons. The number of ether oxygens (including phenoxy) is 3.